The van der Waals surface area contributed by atoms with Gasteiger partial charge in [0.1, 0.15) is 11.6 Å². The lowest BCUT2D eigenvalue weighted by Crippen LogP contribution is -2.26. The summed E-state index contributed by atoms with van der Waals surface area (Å²) in [6, 6.07) is 5.30. The summed E-state index contributed by atoms with van der Waals surface area (Å²) in [5.41, 5.74) is 7.43. The number of hydrogen-bond acceptors (Lipinski definition) is 7. The number of fused-ring (bicyclic) bond motifs is 2. The maximum atomic E-state index is 12.5. The Kier molecular flexibility index (Phi) is 13.9. The summed E-state index contributed by atoms with van der Waals surface area (Å²) in [6.45, 7) is 15.6. The molecule has 0 atom stereocenters. The second-order valence-corrected chi connectivity index (χ2v) is 9.64. The number of aliphatic hydroxyl groups excluding tert-OH is 1. The molecule has 9 heteroatoms. The zero-order valence-electron chi connectivity index (χ0n) is 25.5. The molecule has 1 aliphatic rings. The number of aromatic amines is 1. The largest absolute Gasteiger partial charge is 0.512 e. The van der Waals surface area contributed by atoms with Crippen molar-refractivity contribution in [3.05, 3.63) is 101 Å². The molecule has 4 rings (SSSR count). The minimum atomic E-state index is -0.149. The second-order valence-electron chi connectivity index (χ2n) is 9.64. The molecule has 0 bridgehead atoms. The van der Waals surface area contributed by atoms with Crippen molar-refractivity contribution < 1.29 is 14.6 Å². The molecule has 4 N–H and O–H groups in total. The van der Waals surface area contributed by atoms with Crippen LogP contribution in [0.25, 0.3) is 11.0 Å². The first kappa shape index (κ1) is 33.7. The predicted octanol–water partition coefficient (Wildman–Crippen LogP) is 6.45. The van der Waals surface area contributed by atoms with Gasteiger partial charge >= 0.3 is 0 Å². The number of ether oxygens (including phenoxy) is 1. The van der Waals surface area contributed by atoms with Crippen LogP contribution in [0.4, 0.5) is 0 Å². The lowest BCUT2D eigenvalue weighted by molar-refractivity contribution is 0.0954. The van der Waals surface area contributed by atoms with Crippen LogP contribution in [-0.2, 0) is 30.4 Å². The molecule has 3 aromatic rings. The molecule has 0 radical (unpaired) electrons. The lowest BCUT2D eigenvalue weighted by Gasteiger charge is -2.17. The Labute approximate surface area is 249 Å². The van der Waals surface area contributed by atoms with E-state index in [2.05, 4.69) is 33.4 Å². The zero-order chi connectivity index (χ0) is 31.1. The Morgan fingerprint density at radius 1 is 1.19 bits per heavy atom. The van der Waals surface area contributed by atoms with E-state index in [1.807, 2.05) is 27.7 Å². The van der Waals surface area contributed by atoms with E-state index in [0.29, 0.717) is 24.4 Å². The minimum absolute atomic E-state index is 0.0432. The molecule has 9 nitrogen and oxygen atoms in total. The van der Waals surface area contributed by atoms with Crippen LogP contribution in [0.2, 0.25) is 0 Å². The van der Waals surface area contributed by atoms with Gasteiger partial charge in [0.25, 0.3) is 5.91 Å². The standard InChI is InChI=1S/C22H25N5O2.C9H13NO.C2H6/c1-13(28)11-21-26-18-8-7-15(12-19(18)27-21)22(29)23-10-9-20-24-14(2)16-5-3-4-6-17(16)25-20;1-8(2)9(7-11-3)5-4-6-10;1-2/h7-8,12,28H,1,3-6,9-11H2,2H3,(H,23,29)(H,26,27);4-7,10H,1H2,2-3H3;1-2H3/b;5-4-,9-7-,10-6?;. The first-order chi connectivity index (χ1) is 20.2. The topological polar surface area (TPSA) is 137 Å². The third-order valence-electron chi connectivity index (χ3n) is 6.34. The van der Waals surface area contributed by atoms with E-state index in [9.17, 15) is 9.90 Å². The van der Waals surface area contributed by atoms with Crippen molar-refractivity contribution in [2.75, 3.05) is 13.7 Å². The van der Waals surface area contributed by atoms with E-state index in [4.69, 9.17) is 15.1 Å². The summed E-state index contributed by atoms with van der Waals surface area (Å²) in [6.07, 6.45) is 11.6. The van der Waals surface area contributed by atoms with Crippen molar-refractivity contribution in [2.45, 2.75) is 66.2 Å². The molecular weight excluding hydrogens is 528 g/mol. The predicted molar refractivity (Wildman–Crippen MR) is 170 cm³/mol. The van der Waals surface area contributed by atoms with Gasteiger partial charge in [0.2, 0.25) is 0 Å². The Morgan fingerprint density at radius 3 is 2.60 bits per heavy atom. The quantitative estimate of drug-likeness (QED) is 0.125. The van der Waals surface area contributed by atoms with Crippen LogP contribution in [0.5, 0.6) is 0 Å². The van der Waals surface area contributed by atoms with Crippen molar-refractivity contribution in [1.82, 2.24) is 25.3 Å². The number of aliphatic hydroxyl groups is 1. The van der Waals surface area contributed by atoms with Crippen LogP contribution in [0.1, 0.15) is 72.6 Å². The van der Waals surface area contributed by atoms with Gasteiger partial charge in [-0.3, -0.25) is 4.79 Å². The lowest BCUT2D eigenvalue weighted by atomic mass is 9.95. The van der Waals surface area contributed by atoms with Gasteiger partial charge in [-0.25, -0.2) is 15.0 Å². The Morgan fingerprint density at radius 2 is 1.93 bits per heavy atom. The third kappa shape index (κ3) is 10.1. The Balaban J connectivity index is 0.000000403. The molecule has 0 saturated heterocycles. The number of methoxy groups -OCH3 is 1. The van der Waals surface area contributed by atoms with Crippen molar-refractivity contribution >= 4 is 23.2 Å². The molecule has 2 aromatic heterocycles. The maximum Gasteiger partial charge on any atom is 0.251 e. The summed E-state index contributed by atoms with van der Waals surface area (Å²) in [7, 11) is 1.58. The highest BCUT2D eigenvalue weighted by Gasteiger charge is 2.16. The number of amides is 1. The number of hydrogen-bond donors (Lipinski definition) is 4. The first-order valence-corrected chi connectivity index (χ1v) is 14.3. The van der Waals surface area contributed by atoms with E-state index < -0.39 is 0 Å². The molecular formula is C33H44N6O3. The number of aryl methyl sites for hydroxylation is 2. The van der Waals surface area contributed by atoms with Gasteiger partial charge in [-0.1, -0.05) is 33.1 Å². The smallest absolute Gasteiger partial charge is 0.251 e. The molecule has 1 aromatic carbocycles. The zero-order valence-corrected chi connectivity index (χ0v) is 25.5. The molecule has 0 unspecified atom stereocenters. The summed E-state index contributed by atoms with van der Waals surface area (Å²) in [5, 5.41) is 19.0. The van der Waals surface area contributed by atoms with Crippen molar-refractivity contribution in [3.8, 4) is 0 Å². The van der Waals surface area contributed by atoms with Crippen LogP contribution >= 0.6 is 0 Å². The van der Waals surface area contributed by atoms with Crippen LogP contribution in [-0.4, -0.2) is 50.8 Å². The van der Waals surface area contributed by atoms with Crippen molar-refractivity contribution in [1.29, 1.82) is 5.41 Å². The molecule has 0 saturated carbocycles. The van der Waals surface area contributed by atoms with Gasteiger partial charge in [0, 0.05) is 41.7 Å². The molecule has 0 aliphatic heterocycles. The normalized spacial score (nSPS) is 12.4. The van der Waals surface area contributed by atoms with Crippen molar-refractivity contribution in [2.24, 2.45) is 0 Å². The van der Waals surface area contributed by atoms with Crippen LogP contribution in [0, 0.1) is 12.3 Å². The van der Waals surface area contributed by atoms with Gasteiger partial charge in [-0.15, -0.1) is 0 Å². The molecule has 0 fully saturated rings. The monoisotopic (exact) mass is 572 g/mol. The van der Waals surface area contributed by atoms with Gasteiger partial charge in [0.05, 0.1) is 36.6 Å². The highest BCUT2D eigenvalue weighted by Crippen LogP contribution is 2.21. The second kappa shape index (κ2) is 17.3. The van der Waals surface area contributed by atoms with Gasteiger partial charge in [-0.2, -0.15) is 0 Å². The van der Waals surface area contributed by atoms with Gasteiger partial charge in [-0.05, 0) is 74.9 Å². The molecule has 1 aliphatic carbocycles. The Hall–Kier alpha value is -4.53. The third-order valence-corrected chi connectivity index (χ3v) is 6.34. The van der Waals surface area contributed by atoms with E-state index in [-0.39, 0.29) is 18.1 Å². The number of allylic oxidation sites excluding steroid dienone is 5. The number of nitrogens with one attached hydrogen (secondary N) is 3. The number of nitrogens with zero attached hydrogens (tertiary/aromatic N) is 3. The van der Waals surface area contributed by atoms with E-state index in [0.717, 1.165) is 46.5 Å². The number of imidazole rings is 1. The molecule has 224 valence electrons. The van der Waals surface area contributed by atoms with E-state index in [1.165, 1.54) is 30.3 Å². The number of H-pyrrole nitrogens is 1. The van der Waals surface area contributed by atoms with Crippen molar-refractivity contribution in [3.63, 3.8) is 0 Å². The molecule has 1 amide bonds. The fourth-order valence-electron chi connectivity index (χ4n) is 4.39. The number of aromatic nitrogens is 4. The van der Waals surface area contributed by atoms with Crippen LogP contribution in [0.15, 0.2) is 66.7 Å². The minimum Gasteiger partial charge on any atom is -0.512 e. The highest BCUT2D eigenvalue weighted by molar-refractivity contribution is 5.97. The van der Waals surface area contributed by atoms with E-state index >= 15 is 0 Å². The van der Waals surface area contributed by atoms with Crippen LogP contribution in [0.3, 0.4) is 0 Å². The summed E-state index contributed by atoms with van der Waals surface area (Å²) >= 11 is 0. The first-order valence-electron chi connectivity index (χ1n) is 14.3. The number of rotatable bonds is 10. The molecule has 2 heterocycles. The Bertz CT molecular complexity index is 1450. The maximum absolute atomic E-state index is 12.5. The summed E-state index contributed by atoms with van der Waals surface area (Å²) < 4.78 is 4.81. The number of benzene rings is 1. The molecule has 0 spiro atoms. The fraction of sp³-hybridized carbons (Fsp3) is 0.364. The molecule has 42 heavy (non-hydrogen) atoms. The van der Waals surface area contributed by atoms with Crippen LogP contribution < -0.4 is 5.32 Å². The SMILES string of the molecule is C=C(C)C(/C=C\C=N)=C\OC.C=C(O)Cc1nc2ccc(C(=O)NCCc3nc(C)c4c(n3)CCCC4)cc2[nH]1.CC. The van der Waals surface area contributed by atoms with Gasteiger partial charge in [0.15, 0.2) is 0 Å². The highest BCUT2D eigenvalue weighted by atomic mass is 16.5. The average Bonchev–Trinajstić information content (AvgIpc) is 3.37. The summed E-state index contributed by atoms with van der Waals surface area (Å²) in [5.74, 6) is 1.30. The van der Waals surface area contributed by atoms with E-state index in [1.54, 1.807) is 43.7 Å². The number of carbonyl (C=O) groups is 1. The van der Waals surface area contributed by atoms with Gasteiger partial charge < -0.3 is 25.6 Å². The number of carbonyl (C=O) groups excluding carboxylic acids is 1. The summed E-state index contributed by atoms with van der Waals surface area (Å²) in [4.78, 5) is 29.3. The fourth-order valence-corrected chi connectivity index (χ4v) is 4.39. The average molecular weight is 573 g/mol.